The molecule has 1 aromatic heterocycles. The number of nitrogens with zero attached hydrogens (tertiary/aromatic N) is 2. The summed E-state index contributed by atoms with van der Waals surface area (Å²) < 4.78 is 24.6. The fourth-order valence-corrected chi connectivity index (χ4v) is 3.47. The third-order valence-electron chi connectivity index (χ3n) is 4.15. The highest BCUT2D eigenvalue weighted by Crippen LogP contribution is 2.41. The zero-order chi connectivity index (χ0) is 18.3. The number of amides is 1. The Morgan fingerprint density at radius 2 is 1.88 bits per heavy atom. The molecule has 6 nitrogen and oxygen atoms in total. The van der Waals surface area contributed by atoms with Gasteiger partial charge in [0.2, 0.25) is 0 Å². The van der Waals surface area contributed by atoms with Crippen LogP contribution < -0.4 is 5.32 Å². The van der Waals surface area contributed by atoms with Gasteiger partial charge in [-0.2, -0.15) is 5.10 Å². The topological polar surface area (TPSA) is 81.1 Å². The molecular formula is C17H29N3O3S. The number of carbonyl (C=O) groups excluding carboxylic acids is 1. The van der Waals surface area contributed by atoms with Gasteiger partial charge in [0.15, 0.2) is 0 Å². The molecule has 7 heteroatoms. The number of carbonyl (C=O) groups is 1. The lowest BCUT2D eigenvalue weighted by Crippen LogP contribution is -2.44. The Labute approximate surface area is 144 Å². The number of hydrogen-bond donors (Lipinski definition) is 1. The van der Waals surface area contributed by atoms with Crippen LogP contribution in [0.2, 0.25) is 0 Å². The third kappa shape index (κ3) is 5.06. The first kappa shape index (κ1) is 19.0. The number of hydrogen-bond acceptors (Lipinski definition) is 4. The summed E-state index contributed by atoms with van der Waals surface area (Å²) in [6.07, 6.45) is 3.86. The largest absolute Gasteiger partial charge is 0.346 e. The van der Waals surface area contributed by atoms with Crippen LogP contribution >= 0.6 is 0 Å². The van der Waals surface area contributed by atoms with E-state index in [-0.39, 0.29) is 17.2 Å². The summed E-state index contributed by atoms with van der Waals surface area (Å²) in [5.74, 6) is 0.291. The molecule has 0 radical (unpaired) electrons. The SMILES string of the molecule is CC(C)(CCS(C)(=O)=O)NC(=O)c1cc(C2CC2)n(C(C)(C)C)n1. The zero-order valence-corrected chi connectivity index (χ0v) is 16.3. The van der Waals surface area contributed by atoms with Gasteiger partial charge in [-0.1, -0.05) is 0 Å². The van der Waals surface area contributed by atoms with Gasteiger partial charge < -0.3 is 5.32 Å². The van der Waals surface area contributed by atoms with E-state index in [4.69, 9.17) is 0 Å². The monoisotopic (exact) mass is 355 g/mol. The molecule has 1 aliphatic carbocycles. The molecule has 0 aliphatic heterocycles. The summed E-state index contributed by atoms with van der Waals surface area (Å²) in [6.45, 7) is 9.88. The lowest BCUT2D eigenvalue weighted by molar-refractivity contribution is 0.0904. The van der Waals surface area contributed by atoms with Crippen molar-refractivity contribution >= 4 is 15.7 Å². The Morgan fingerprint density at radius 1 is 1.29 bits per heavy atom. The molecule has 0 aromatic carbocycles. The number of sulfone groups is 1. The first-order valence-electron chi connectivity index (χ1n) is 8.39. The van der Waals surface area contributed by atoms with Crippen LogP contribution in [0.25, 0.3) is 0 Å². The van der Waals surface area contributed by atoms with Gasteiger partial charge in [-0.05, 0) is 59.9 Å². The van der Waals surface area contributed by atoms with Gasteiger partial charge in [0.05, 0.1) is 11.3 Å². The average molecular weight is 356 g/mol. The van der Waals surface area contributed by atoms with E-state index < -0.39 is 15.4 Å². The molecule has 1 aromatic rings. The third-order valence-corrected chi connectivity index (χ3v) is 5.10. The van der Waals surface area contributed by atoms with E-state index in [0.29, 0.717) is 18.0 Å². The minimum atomic E-state index is -3.05. The molecule has 0 atom stereocenters. The quantitative estimate of drug-likeness (QED) is 0.850. The highest BCUT2D eigenvalue weighted by molar-refractivity contribution is 7.90. The van der Waals surface area contributed by atoms with Crippen LogP contribution in [0.1, 0.15) is 76.0 Å². The summed E-state index contributed by atoms with van der Waals surface area (Å²) in [6, 6.07) is 1.88. The predicted molar refractivity (Wildman–Crippen MR) is 95.1 cm³/mol. The van der Waals surface area contributed by atoms with Crippen molar-refractivity contribution < 1.29 is 13.2 Å². The number of rotatable bonds is 6. The van der Waals surface area contributed by atoms with E-state index in [9.17, 15) is 13.2 Å². The Bertz CT molecular complexity index is 723. The van der Waals surface area contributed by atoms with E-state index >= 15 is 0 Å². The molecule has 1 aliphatic rings. The van der Waals surface area contributed by atoms with Crippen LogP contribution in [0.4, 0.5) is 0 Å². The summed E-state index contributed by atoms with van der Waals surface area (Å²) in [5, 5.41) is 7.44. The first-order chi connectivity index (χ1) is 10.8. The minimum Gasteiger partial charge on any atom is -0.346 e. The van der Waals surface area contributed by atoms with Crippen molar-refractivity contribution in [1.82, 2.24) is 15.1 Å². The molecule has 0 unspecified atom stereocenters. The lowest BCUT2D eigenvalue weighted by atomic mass is 10.0. The maximum atomic E-state index is 12.6. The van der Waals surface area contributed by atoms with Crippen molar-refractivity contribution in [3.63, 3.8) is 0 Å². The van der Waals surface area contributed by atoms with Crippen LogP contribution in [0.5, 0.6) is 0 Å². The Morgan fingerprint density at radius 3 is 2.33 bits per heavy atom. The molecule has 1 heterocycles. The second kappa shape index (κ2) is 6.17. The second-order valence-corrected chi connectivity index (χ2v) is 10.8. The van der Waals surface area contributed by atoms with Gasteiger partial charge in [-0.3, -0.25) is 9.48 Å². The Balaban J connectivity index is 2.15. The molecule has 1 N–H and O–H groups in total. The average Bonchev–Trinajstić information content (AvgIpc) is 3.12. The Hall–Kier alpha value is -1.37. The van der Waals surface area contributed by atoms with E-state index in [1.54, 1.807) is 0 Å². The van der Waals surface area contributed by atoms with E-state index in [1.807, 2.05) is 24.6 Å². The van der Waals surface area contributed by atoms with E-state index in [1.165, 1.54) is 6.26 Å². The van der Waals surface area contributed by atoms with Crippen molar-refractivity contribution in [2.75, 3.05) is 12.0 Å². The standard InChI is InChI=1S/C17H29N3O3S/c1-16(2,3)20-14(12-7-8-12)11-13(19-20)15(21)18-17(4,5)9-10-24(6,22)23/h11-12H,7-10H2,1-6H3,(H,18,21). The number of nitrogens with one attached hydrogen (secondary N) is 1. The summed E-state index contributed by atoms with van der Waals surface area (Å²) in [4.78, 5) is 12.6. The van der Waals surface area contributed by atoms with Crippen molar-refractivity contribution in [3.05, 3.63) is 17.5 Å². The van der Waals surface area contributed by atoms with Crippen LogP contribution in [0.3, 0.4) is 0 Å². The molecule has 1 amide bonds. The summed E-state index contributed by atoms with van der Waals surface area (Å²) in [7, 11) is -3.05. The van der Waals surface area contributed by atoms with Crippen molar-refractivity contribution in [3.8, 4) is 0 Å². The molecule has 0 bridgehead atoms. The molecule has 24 heavy (non-hydrogen) atoms. The smallest absolute Gasteiger partial charge is 0.272 e. The molecule has 1 saturated carbocycles. The maximum Gasteiger partial charge on any atom is 0.272 e. The van der Waals surface area contributed by atoms with Crippen LogP contribution in [-0.4, -0.2) is 41.7 Å². The summed E-state index contributed by atoms with van der Waals surface area (Å²) in [5.41, 5.74) is 0.731. The maximum absolute atomic E-state index is 12.6. The molecular weight excluding hydrogens is 326 g/mol. The summed E-state index contributed by atoms with van der Waals surface area (Å²) >= 11 is 0. The van der Waals surface area contributed by atoms with Crippen LogP contribution in [0.15, 0.2) is 6.07 Å². The molecule has 0 spiro atoms. The zero-order valence-electron chi connectivity index (χ0n) is 15.5. The molecule has 1 fully saturated rings. The predicted octanol–water partition coefficient (Wildman–Crippen LogP) is 2.46. The van der Waals surface area contributed by atoms with Gasteiger partial charge >= 0.3 is 0 Å². The fraction of sp³-hybridized carbons (Fsp3) is 0.765. The van der Waals surface area contributed by atoms with Crippen LogP contribution in [-0.2, 0) is 15.4 Å². The first-order valence-corrected chi connectivity index (χ1v) is 10.5. The number of aromatic nitrogens is 2. The van der Waals surface area contributed by atoms with Crippen molar-refractivity contribution in [1.29, 1.82) is 0 Å². The molecule has 0 saturated heterocycles. The van der Waals surface area contributed by atoms with Gasteiger partial charge in [0, 0.05) is 23.4 Å². The second-order valence-electron chi connectivity index (χ2n) is 8.53. The van der Waals surface area contributed by atoms with Gasteiger partial charge in [0.25, 0.3) is 5.91 Å². The molecule has 136 valence electrons. The molecule has 2 rings (SSSR count). The highest BCUT2D eigenvalue weighted by atomic mass is 32.2. The fourth-order valence-electron chi connectivity index (χ4n) is 2.59. The van der Waals surface area contributed by atoms with Gasteiger partial charge in [-0.25, -0.2) is 8.42 Å². The van der Waals surface area contributed by atoms with E-state index in [0.717, 1.165) is 18.5 Å². The van der Waals surface area contributed by atoms with Crippen molar-refractivity contribution in [2.45, 2.75) is 70.9 Å². The Kier molecular flexibility index (Phi) is 4.87. The normalized spacial score (nSPS) is 16.2. The lowest BCUT2D eigenvalue weighted by Gasteiger charge is -2.25. The van der Waals surface area contributed by atoms with Gasteiger partial charge in [0.1, 0.15) is 15.5 Å². The van der Waals surface area contributed by atoms with Crippen molar-refractivity contribution in [2.24, 2.45) is 0 Å². The van der Waals surface area contributed by atoms with Crippen LogP contribution in [0, 0.1) is 0 Å². The highest BCUT2D eigenvalue weighted by Gasteiger charge is 2.33. The minimum absolute atomic E-state index is 0.0457. The van der Waals surface area contributed by atoms with E-state index in [2.05, 4.69) is 31.2 Å². The van der Waals surface area contributed by atoms with Gasteiger partial charge in [-0.15, -0.1) is 0 Å².